The number of hydrogen-bond donors (Lipinski definition) is 2. The van der Waals surface area contributed by atoms with Gasteiger partial charge in [0.25, 0.3) is 0 Å². The van der Waals surface area contributed by atoms with Crippen LogP contribution in [0.15, 0.2) is 42.6 Å². The molecule has 4 N–H and O–H groups in total. The maximum Gasteiger partial charge on any atom is 0.248 e. The minimum Gasteiger partial charge on any atom is -0.439 e. The first kappa shape index (κ1) is 13.0. The van der Waals surface area contributed by atoms with Gasteiger partial charge in [0.05, 0.1) is 0 Å². The summed E-state index contributed by atoms with van der Waals surface area (Å²) in [7, 11) is 0. The predicted octanol–water partition coefficient (Wildman–Crippen LogP) is 1.99. The number of hydrogen-bond acceptors (Lipinski definition) is 4. The van der Waals surface area contributed by atoms with E-state index in [0.717, 1.165) is 5.56 Å². The molecule has 0 aliphatic rings. The van der Waals surface area contributed by atoms with Gasteiger partial charge in [-0.05, 0) is 37.3 Å². The highest BCUT2D eigenvalue weighted by Crippen LogP contribution is 2.26. The van der Waals surface area contributed by atoms with Crippen LogP contribution in [0.2, 0.25) is 0 Å². The van der Waals surface area contributed by atoms with E-state index < -0.39 is 5.91 Å². The number of primary amides is 1. The predicted molar refractivity (Wildman–Crippen MR) is 71.9 cm³/mol. The third-order valence-corrected chi connectivity index (χ3v) is 2.64. The van der Waals surface area contributed by atoms with Gasteiger partial charge < -0.3 is 16.2 Å². The first-order valence-corrected chi connectivity index (χ1v) is 5.86. The van der Waals surface area contributed by atoms with E-state index in [1.807, 2.05) is 19.1 Å². The van der Waals surface area contributed by atoms with Gasteiger partial charge in [0.2, 0.25) is 11.8 Å². The van der Waals surface area contributed by atoms with Crippen LogP contribution in [0, 0.1) is 0 Å². The molecule has 1 heterocycles. The number of carbonyl (C=O) groups is 1. The molecule has 0 bridgehead atoms. The van der Waals surface area contributed by atoms with Crippen molar-refractivity contribution in [2.24, 2.45) is 11.5 Å². The van der Waals surface area contributed by atoms with Gasteiger partial charge in [-0.25, -0.2) is 4.98 Å². The van der Waals surface area contributed by atoms with Crippen LogP contribution >= 0.6 is 0 Å². The molecule has 0 aliphatic carbocycles. The van der Waals surface area contributed by atoms with Crippen molar-refractivity contribution < 1.29 is 9.53 Å². The van der Waals surface area contributed by atoms with Crippen molar-refractivity contribution in [3.63, 3.8) is 0 Å². The van der Waals surface area contributed by atoms with Crippen molar-refractivity contribution in [1.29, 1.82) is 0 Å². The Balaban J connectivity index is 2.24. The molecule has 2 rings (SSSR count). The van der Waals surface area contributed by atoms with Crippen LogP contribution in [0.4, 0.5) is 0 Å². The van der Waals surface area contributed by atoms with Gasteiger partial charge in [-0.15, -0.1) is 0 Å². The lowest BCUT2D eigenvalue weighted by atomic mass is 10.1. The number of amides is 1. The Morgan fingerprint density at radius 2 is 1.95 bits per heavy atom. The van der Waals surface area contributed by atoms with Gasteiger partial charge in [-0.1, -0.05) is 6.07 Å². The number of rotatable bonds is 4. The second kappa shape index (κ2) is 5.49. The van der Waals surface area contributed by atoms with E-state index in [4.69, 9.17) is 16.2 Å². The fourth-order valence-corrected chi connectivity index (χ4v) is 1.63. The number of carbonyl (C=O) groups excluding carboxylic acids is 1. The minimum absolute atomic E-state index is 0.173. The lowest BCUT2D eigenvalue weighted by Gasteiger charge is -2.12. The average Bonchev–Trinajstić information content (AvgIpc) is 2.39. The van der Waals surface area contributed by atoms with Crippen molar-refractivity contribution in [2.75, 3.05) is 0 Å². The Kier molecular flexibility index (Phi) is 3.77. The van der Waals surface area contributed by atoms with Crippen molar-refractivity contribution in [3.05, 3.63) is 53.7 Å². The van der Waals surface area contributed by atoms with E-state index in [1.54, 1.807) is 30.5 Å². The summed E-state index contributed by atoms with van der Waals surface area (Å²) in [6, 6.07) is 10.0. The SMILES string of the molecule is CC(N)c1cccnc1Oc1ccc(C(N)=O)cc1. The highest BCUT2D eigenvalue weighted by Gasteiger charge is 2.10. The molecule has 5 heteroatoms. The van der Waals surface area contributed by atoms with E-state index in [-0.39, 0.29) is 6.04 Å². The number of benzene rings is 1. The van der Waals surface area contributed by atoms with Crippen LogP contribution < -0.4 is 16.2 Å². The van der Waals surface area contributed by atoms with Crippen LogP contribution in [0.3, 0.4) is 0 Å². The van der Waals surface area contributed by atoms with Crippen molar-refractivity contribution in [2.45, 2.75) is 13.0 Å². The molecule has 5 nitrogen and oxygen atoms in total. The summed E-state index contributed by atoms with van der Waals surface area (Å²) in [4.78, 5) is 15.1. The van der Waals surface area contributed by atoms with Gasteiger partial charge in [-0.2, -0.15) is 0 Å². The molecule has 0 saturated carbocycles. The van der Waals surface area contributed by atoms with Crippen LogP contribution in [-0.2, 0) is 0 Å². The third-order valence-electron chi connectivity index (χ3n) is 2.64. The Morgan fingerprint density at radius 1 is 1.26 bits per heavy atom. The fraction of sp³-hybridized carbons (Fsp3) is 0.143. The third kappa shape index (κ3) is 3.08. The molecule has 19 heavy (non-hydrogen) atoms. The summed E-state index contributed by atoms with van der Waals surface area (Å²) in [5.41, 5.74) is 12.3. The second-order valence-corrected chi connectivity index (χ2v) is 4.18. The van der Waals surface area contributed by atoms with Crippen LogP contribution in [-0.4, -0.2) is 10.9 Å². The van der Waals surface area contributed by atoms with Crippen LogP contribution in [0.25, 0.3) is 0 Å². The molecule has 0 aliphatic heterocycles. The number of ether oxygens (including phenoxy) is 1. The zero-order valence-corrected chi connectivity index (χ0v) is 10.5. The van der Waals surface area contributed by atoms with E-state index in [2.05, 4.69) is 4.98 Å². The number of nitrogens with two attached hydrogens (primary N) is 2. The smallest absolute Gasteiger partial charge is 0.248 e. The second-order valence-electron chi connectivity index (χ2n) is 4.18. The monoisotopic (exact) mass is 257 g/mol. The Bertz CT molecular complexity index is 579. The minimum atomic E-state index is -0.472. The van der Waals surface area contributed by atoms with E-state index in [9.17, 15) is 4.79 Å². The molecule has 0 saturated heterocycles. The van der Waals surface area contributed by atoms with E-state index >= 15 is 0 Å². The molecule has 0 radical (unpaired) electrons. The Morgan fingerprint density at radius 3 is 2.53 bits per heavy atom. The standard InChI is InChI=1S/C14H15N3O2/c1-9(15)12-3-2-8-17-14(12)19-11-6-4-10(5-7-11)13(16)18/h2-9H,15H2,1H3,(H2,16,18). The van der Waals surface area contributed by atoms with Gasteiger partial charge in [-0.3, -0.25) is 4.79 Å². The zero-order chi connectivity index (χ0) is 13.8. The first-order valence-electron chi connectivity index (χ1n) is 5.86. The summed E-state index contributed by atoms with van der Waals surface area (Å²) in [6.07, 6.45) is 1.64. The summed E-state index contributed by atoms with van der Waals surface area (Å²) < 4.78 is 5.66. The summed E-state index contributed by atoms with van der Waals surface area (Å²) in [5, 5.41) is 0. The largest absolute Gasteiger partial charge is 0.439 e. The highest BCUT2D eigenvalue weighted by atomic mass is 16.5. The maximum absolute atomic E-state index is 11.0. The molecule has 1 amide bonds. The molecule has 0 fully saturated rings. The maximum atomic E-state index is 11.0. The fourth-order valence-electron chi connectivity index (χ4n) is 1.63. The van der Waals surface area contributed by atoms with Gasteiger partial charge in [0.1, 0.15) is 5.75 Å². The van der Waals surface area contributed by atoms with Gasteiger partial charge in [0, 0.05) is 23.4 Å². The molecular weight excluding hydrogens is 242 g/mol. The topological polar surface area (TPSA) is 91.2 Å². The molecule has 1 aromatic carbocycles. The molecular formula is C14H15N3O2. The molecule has 0 spiro atoms. The van der Waals surface area contributed by atoms with E-state index in [0.29, 0.717) is 17.2 Å². The average molecular weight is 257 g/mol. The lowest BCUT2D eigenvalue weighted by molar-refractivity contribution is 0.100. The summed E-state index contributed by atoms with van der Waals surface area (Å²) in [6.45, 7) is 1.86. The van der Waals surface area contributed by atoms with E-state index in [1.165, 1.54) is 0 Å². The number of aromatic nitrogens is 1. The molecule has 1 unspecified atom stereocenters. The number of nitrogens with zero attached hydrogens (tertiary/aromatic N) is 1. The molecule has 98 valence electrons. The van der Waals surface area contributed by atoms with Crippen LogP contribution in [0.1, 0.15) is 28.9 Å². The molecule has 1 aromatic heterocycles. The van der Waals surface area contributed by atoms with Crippen molar-refractivity contribution in [3.8, 4) is 11.6 Å². The first-order chi connectivity index (χ1) is 9.08. The molecule has 1 atom stereocenters. The summed E-state index contributed by atoms with van der Waals surface area (Å²) in [5.74, 6) is 0.565. The van der Waals surface area contributed by atoms with Crippen molar-refractivity contribution >= 4 is 5.91 Å². The Hall–Kier alpha value is -2.40. The van der Waals surface area contributed by atoms with Gasteiger partial charge >= 0.3 is 0 Å². The quantitative estimate of drug-likeness (QED) is 0.876. The summed E-state index contributed by atoms with van der Waals surface area (Å²) >= 11 is 0. The number of pyridine rings is 1. The zero-order valence-electron chi connectivity index (χ0n) is 10.5. The van der Waals surface area contributed by atoms with Crippen LogP contribution in [0.5, 0.6) is 11.6 Å². The van der Waals surface area contributed by atoms with Gasteiger partial charge in [0.15, 0.2) is 0 Å². The highest BCUT2D eigenvalue weighted by molar-refractivity contribution is 5.92. The lowest BCUT2D eigenvalue weighted by Crippen LogP contribution is -2.10. The Labute approximate surface area is 111 Å². The molecule has 2 aromatic rings. The normalized spacial score (nSPS) is 11.9. The van der Waals surface area contributed by atoms with Crippen molar-refractivity contribution in [1.82, 2.24) is 4.98 Å².